The summed E-state index contributed by atoms with van der Waals surface area (Å²) in [4.78, 5) is 8.55. The SMILES string of the molecule is CCCNc1cc(Nc2ccc(S(C)(=O)=O)cc2)ncn1. The van der Waals surface area contributed by atoms with E-state index in [-0.39, 0.29) is 0 Å². The minimum atomic E-state index is -3.17. The molecule has 1 aromatic carbocycles. The van der Waals surface area contributed by atoms with Gasteiger partial charge in [-0.05, 0) is 30.7 Å². The molecule has 0 atom stereocenters. The van der Waals surface area contributed by atoms with Crippen molar-refractivity contribution >= 4 is 27.2 Å². The Morgan fingerprint density at radius 2 is 1.76 bits per heavy atom. The van der Waals surface area contributed by atoms with Crippen molar-refractivity contribution in [3.05, 3.63) is 36.7 Å². The Morgan fingerprint density at radius 3 is 2.38 bits per heavy atom. The van der Waals surface area contributed by atoms with Gasteiger partial charge in [0.1, 0.15) is 18.0 Å². The van der Waals surface area contributed by atoms with Crippen LogP contribution in [0.15, 0.2) is 41.6 Å². The zero-order valence-electron chi connectivity index (χ0n) is 12.0. The van der Waals surface area contributed by atoms with E-state index < -0.39 is 9.84 Å². The number of nitrogens with one attached hydrogen (secondary N) is 2. The molecule has 21 heavy (non-hydrogen) atoms. The molecule has 0 bridgehead atoms. The van der Waals surface area contributed by atoms with Gasteiger partial charge in [0, 0.05) is 24.6 Å². The predicted molar refractivity (Wildman–Crippen MR) is 83.6 cm³/mol. The normalized spacial score (nSPS) is 11.1. The van der Waals surface area contributed by atoms with E-state index in [2.05, 4.69) is 27.5 Å². The third-order valence-electron chi connectivity index (χ3n) is 2.78. The highest BCUT2D eigenvalue weighted by atomic mass is 32.2. The smallest absolute Gasteiger partial charge is 0.175 e. The monoisotopic (exact) mass is 306 g/mol. The summed E-state index contributed by atoms with van der Waals surface area (Å²) < 4.78 is 22.8. The Kier molecular flexibility index (Phi) is 4.74. The van der Waals surface area contributed by atoms with Crippen LogP contribution in [0.5, 0.6) is 0 Å². The first-order valence-corrected chi connectivity index (χ1v) is 8.51. The van der Waals surface area contributed by atoms with Crippen LogP contribution in [0.3, 0.4) is 0 Å². The zero-order chi connectivity index (χ0) is 15.3. The molecule has 0 saturated carbocycles. The number of hydrogen-bond donors (Lipinski definition) is 2. The summed E-state index contributed by atoms with van der Waals surface area (Å²) in [6.45, 7) is 2.93. The van der Waals surface area contributed by atoms with E-state index in [0.717, 1.165) is 24.5 Å². The second-order valence-corrected chi connectivity index (χ2v) is 6.65. The molecule has 0 amide bonds. The highest BCUT2D eigenvalue weighted by molar-refractivity contribution is 7.90. The molecule has 0 fully saturated rings. The summed E-state index contributed by atoms with van der Waals surface area (Å²) in [5.74, 6) is 1.40. The van der Waals surface area contributed by atoms with E-state index >= 15 is 0 Å². The number of rotatable bonds is 6. The van der Waals surface area contributed by atoms with E-state index in [1.807, 2.05) is 0 Å². The minimum absolute atomic E-state index is 0.293. The molecule has 2 N–H and O–H groups in total. The Bertz CT molecular complexity index is 699. The fourth-order valence-corrected chi connectivity index (χ4v) is 2.34. The van der Waals surface area contributed by atoms with E-state index in [9.17, 15) is 8.42 Å². The summed E-state index contributed by atoms with van der Waals surface area (Å²) in [7, 11) is -3.17. The number of aromatic nitrogens is 2. The lowest BCUT2D eigenvalue weighted by molar-refractivity contribution is 0.602. The van der Waals surface area contributed by atoms with Crippen LogP contribution in [0.4, 0.5) is 17.3 Å². The molecular weight excluding hydrogens is 288 g/mol. The average molecular weight is 306 g/mol. The highest BCUT2D eigenvalue weighted by Crippen LogP contribution is 2.18. The molecule has 112 valence electrons. The quantitative estimate of drug-likeness (QED) is 0.853. The van der Waals surface area contributed by atoms with Gasteiger partial charge in [-0.15, -0.1) is 0 Å². The van der Waals surface area contributed by atoms with Gasteiger partial charge in [-0.25, -0.2) is 18.4 Å². The predicted octanol–water partition coefficient (Wildman–Crippen LogP) is 2.45. The van der Waals surface area contributed by atoms with Crippen LogP contribution >= 0.6 is 0 Å². The average Bonchev–Trinajstić information content (AvgIpc) is 2.45. The van der Waals surface area contributed by atoms with Crippen molar-refractivity contribution < 1.29 is 8.42 Å². The molecule has 7 heteroatoms. The molecule has 0 saturated heterocycles. The van der Waals surface area contributed by atoms with Crippen molar-refractivity contribution in [3.63, 3.8) is 0 Å². The fourth-order valence-electron chi connectivity index (χ4n) is 1.71. The van der Waals surface area contributed by atoms with Gasteiger partial charge in [-0.3, -0.25) is 0 Å². The Labute approximate surface area is 124 Å². The number of sulfone groups is 1. The molecule has 0 radical (unpaired) electrons. The number of hydrogen-bond acceptors (Lipinski definition) is 6. The van der Waals surface area contributed by atoms with Gasteiger partial charge in [-0.2, -0.15) is 0 Å². The first-order chi connectivity index (χ1) is 9.99. The molecule has 0 aliphatic carbocycles. The van der Waals surface area contributed by atoms with Crippen molar-refractivity contribution in [3.8, 4) is 0 Å². The summed E-state index contributed by atoms with van der Waals surface area (Å²) in [5.41, 5.74) is 0.766. The van der Waals surface area contributed by atoms with Crippen LogP contribution in [0, 0.1) is 0 Å². The van der Waals surface area contributed by atoms with Crippen LogP contribution < -0.4 is 10.6 Å². The molecule has 1 heterocycles. The Morgan fingerprint density at radius 1 is 1.10 bits per heavy atom. The molecule has 2 aromatic rings. The van der Waals surface area contributed by atoms with E-state index in [4.69, 9.17) is 0 Å². The summed E-state index contributed by atoms with van der Waals surface area (Å²) in [5, 5.41) is 6.29. The van der Waals surface area contributed by atoms with Gasteiger partial charge in [0.25, 0.3) is 0 Å². The van der Waals surface area contributed by atoms with Crippen molar-refractivity contribution in [2.45, 2.75) is 18.2 Å². The van der Waals surface area contributed by atoms with Gasteiger partial charge < -0.3 is 10.6 Å². The molecule has 1 aromatic heterocycles. The van der Waals surface area contributed by atoms with Crippen molar-refractivity contribution in [1.29, 1.82) is 0 Å². The second-order valence-electron chi connectivity index (χ2n) is 4.64. The molecule has 0 aliphatic rings. The first-order valence-electron chi connectivity index (χ1n) is 6.62. The third kappa shape index (κ3) is 4.42. The second kappa shape index (κ2) is 6.53. The highest BCUT2D eigenvalue weighted by Gasteiger charge is 2.06. The van der Waals surface area contributed by atoms with Crippen LogP contribution in [0.25, 0.3) is 0 Å². The molecule has 0 spiro atoms. The molecule has 0 aliphatic heterocycles. The molecule has 2 rings (SSSR count). The zero-order valence-corrected chi connectivity index (χ0v) is 12.8. The van der Waals surface area contributed by atoms with Crippen LogP contribution in [-0.2, 0) is 9.84 Å². The molecule has 0 unspecified atom stereocenters. The molecule has 6 nitrogen and oxygen atoms in total. The van der Waals surface area contributed by atoms with E-state index in [1.165, 1.54) is 12.6 Å². The van der Waals surface area contributed by atoms with E-state index in [1.54, 1.807) is 30.3 Å². The maximum absolute atomic E-state index is 11.4. The van der Waals surface area contributed by atoms with Crippen molar-refractivity contribution in [2.24, 2.45) is 0 Å². The van der Waals surface area contributed by atoms with Crippen LogP contribution in [-0.4, -0.2) is 31.2 Å². The standard InChI is InChI=1S/C14H18N4O2S/c1-3-8-15-13-9-14(17-10-16-13)18-11-4-6-12(7-5-11)21(2,19)20/h4-7,9-10H,3,8H2,1-2H3,(H2,15,16,17,18). The first kappa shape index (κ1) is 15.2. The van der Waals surface area contributed by atoms with Gasteiger partial charge in [-0.1, -0.05) is 6.92 Å². The number of nitrogens with zero attached hydrogens (tertiary/aromatic N) is 2. The van der Waals surface area contributed by atoms with Crippen molar-refractivity contribution in [2.75, 3.05) is 23.4 Å². The Balaban J connectivity index is 2.11. The minimum Gasteiger partial charge on any atom is -0.370 e. The third-order valence-corrected chi connectivity index (χ3v) is 3.91. The van der Waals surface area contributed by atoms with Gasteiger partial charge in [0.2, 0.25) is 0 Å². The largest absolute Gasteiger partial charge is 0.370 e. The fraction of sp³-hybridized carbons (Fsp3) is 0.286. The maximum atomic E-state index is 11.4. The van der Waals surface area contributed by atoms with Crippen molar-refractivity contribution in [1.82, 2.24) is 9.97 Å². The van der Waals surface area contributed by atoms with Crippen LogP contribution in [0.2, 0.25) is 0 Å². The van der Waals surface area contributed by atoms with Gasteiger partial charge in [0.15, 0.2) is 9.84 Å². The summed E-state index contributed by atoms with van der Waals surface area (Å²) >= 11 is 0. The maximum Gasteiger partial charge on any atom is 0.175 e. The summed E-state index contributed by atoms with van der Waals surface area (Å²) in [6.07, 6.45) is 3.68. The van der Waals surface area contributed by atoms with Gasteiger partial charge >= 0.3 is 0 Å². The van der Waals surface area contributed by atoms with Crippen LogP contribution in [0.1, 0.15) is 13.3 Å². The lowest BCUT2D eigenvalue weighted by Crippen LogP contribution is -2.03. The lowest BCUT2D eigenvalue weighted by Gasteiger charge is -2.08. The van der Waals surface area contributed by atoms with E-state index in [0.29, 0.717) is 10.7 Å². The number of anilines is 3. The molecular formula is C14H18N4O2S. The Hall–Kier alpha value is -2.15. The van der Waals surface area contributed by atoms with Gasteiger partial charge in [0.05, 0.1) is 4.90 Å². The summed E-state index contributed by atoms with van der Waals surface area (Å²) in [6, 6.07) is 8.35. The number of benzene rings is 1. The lowest BCUT2D eigenvalue weighted by atomic mass is 10.3. The topological polar surface area (TPSA) is 84.0 Å².